The molecule has 3 rings (SSSR count). The maximum absolute atomic E-state index is 13.4. The Morgan fingerprint density at radius 1 is 0.878 bits per heavy atom. The maximum Gasteiger partial charge on any atom is 0.240 e. The second-order valence-corrected chi connectivity index (χ2v) is 10.6. The third-order valence-corrected chi connectivity index (χ3v) is 7.32. The Labute approximate surface area is 241 Å². The number of amides is 2. The summed E-state index contributed by atoms with van der Waals surface area (Å²) in [7, 11) is 0. The summed E-state index contributed by atoms with van der Waals surface area (Å²) in [6, 6.07) is 20.4. The van der Waals surface area contributed by atoms with Gasteiger partial charge < -0.3 is 32.1 Å². The number of aliphatic hydroxyl groups is 2. The van der Waals surface area contributed by atoms with E-state index in [1.807, 2.05) is 74.5 Å². The van der Waals surface area contributed by atoms with Crippen molar-refractivity contribution in [3.63, 3.8) is 0 Å². The van der Waals surface area contributed by atoms with Crippen LogP contribution in [0.5, 0.6) is 5.75 Å². The van der Waals surface area contributed by atoms with E-state index in [2.05, 4.69) is 5.32 Å². The number of carbonyl (C=O) groups excluding carboxylic acids is 2. The molecule has 0 heterocycles. The van der Waals surface area contributed by atoms with E-state index in [1.54, 1.807) is 18.2 Å². The second kappa shape index (κ2) is 15.1. The van der Waals surface area contributed by atoms with Gasteiger partial charge in [-0.1, -0.05) is 72.8 Å². The summed E-state index contributed by atoms with van der Waals surface area (Å²) in [5.74, 6) is -1.88. The molecule has 0 aromatic heterocycles. The maximum atomic E-state index is 13.4. The predicted molar refractivity (Wildman–Crippen MR) is 160 cm³/mol. The minimum absolute atomic E-state index is 0.173. The van der Waals surface area contributed by atoms with Crippen LogP contribution in [0.3, 0.4) is 0 Å². The van der Waals surface area contributed by atoms with Crippen molar-refractivity contribution in [1.29, 1.82) is 0 Å². The smallest absolute Gasteiger partial charge is 0.240 e. The lowest BCUT2D eigenvalue weighted by Crippen LogP contribution is -2.50. The molecule has 2 amide bonds. The quantitative estimate of drug-likeness (QED) is 0.167. The van der Waals surface area contributed by atoms with Crippen molar-refractivity contribution in [3.8, 4) is 5.75 Å². The lowest BCUT2D eigenvalue weighted by molar-refractivity contribution is -0.131. The minimum atomic E-state index is -1.19. The molecule has 0 aliphatic rings. The Hall–Kier alpha value is -3.98. The van der Waals surface area contributed by atoms with E-state index >= 15 is 0 Å². The van der Waals surface area contributed by atoms with Gasteiger partial charge in [0.15, 0.2) is 0 Å². The average Bonchev–Trinajstić information content (AvgIpc) is 2.94. The topological polar surface area (TPSA) is 159 Å². The van der Waals surface area contributed by atoms with Crippen LogP contribution in [0.25, 0.3) is 0 Å². The second-order valence-electron chi connectivity index (χ2n) is 10.6. The molecule has 0 fully saturated rings. The molecular formula is C33H41N3O5. The first-order chi connectivity index (χ1) is 19.5. The van der Waals surface area contributed by atoms with Crippen molar-refractivity contribution in [2.45, 2.75) is 63.8 Å². The van der Waals surface area contributed by atoms with Gasteiger partial charge in [0.05, 0.1) is 18.1 Å². The van der Waals surface area contributed by atoms with Gasteiger partial charge in [-0.15, -0.1) is 0 Å². The highest BCUT2D eigenvalue weighted by atomic mass is 16.3. The van der Waals surface area contributed by atoms with Crippen LogP contribution in [-0.2, 0) is 28.9 Å². The van der Waals surface area contributed by atoms with E-state index in [9.17, 15) is 24.9 Å². The van der Waals surface area contributed by atoms with Gasteiger partial charge in [-0.2, -0.15) is 0 Å². The molecule has 5 atom stereocenters. The number of benzene rings is 3. The fourth-order valence-corrected chi connectivity index (χ4v) is 4.92. The number of phenols is 1. The summed E-state index contributed by atoms with van der Waals surface area (Å²) in [5.41, 5.74) is 16.3. The standard InChI is InChI=1S/C33H41N3O5/c1-21-16-25(37)17-22(2)26(21)20-28(34)31(39)15-9-14-30(38)27(18-23-10-5-3-6-11-23)33(41)36-29(32(35)40)19-24-12-7-4-8-13-24/h3-14,16-17,27-31,37-39H,15,18-20,34H2,1-2H3,(H2,35,40)(H,36,41)/b14-9+/t27-,28+,29+,30+,31+/m1/s1. The largest absolute Gasteiger partial charge is 0.508 e. The number of primary amides is 1. The fraction of sp³-hybridized carbons (Fsp3) is 0.333. The van der Waals surface area contributed by atoms with Crippen LogP contribution in [0.1, 0.15) is 34.2 Å². The molecule has 8 nitrogen and oxygen atoms in total. The summed E-state index contributed by atoms with van der Waals surface area (Å²) in [6.45, 7) is 3.77. The predicted octanol–water partition coefficient (Wildman–Crippen LogP) is 2.62. The normalized spacial score (nSPS) is 15.1. The van der Waals surface area contributed by atoms with E-state index in [0.29, 0.717) is 6.42 Å². The molecule has 0 unspecified atom stereocenters. The Morgan fingerprint density at radius 2 is 1.41 bits per heavy atom. The zero-order valence-electron chi connectivity index (χ0n) is 23.6. The van der Waals surface area contributed by atoms with Gasteiger partial charge in [0.25, 0.3) is 0 Å². The highest BCUT2D eigenvalue weighted by Crippen LogP contribution is 2.23. The number of hydrogen-bond donors (Lipinski definition) is 6. The molecule has 41 heavy (non-hydrogen) atoms. The number of nitrogens with two attached hydrogens (primary N) is 2. The third-order valence-electron chi connectivity index (χ3n) is 7.32. The number of rotatable bonds is 14. The lowest BCUT2D eigenvalue weighted by atomic mass is 9.91. The molecule has 8 N–H and O–H groups in total. The van der Waals surface area contributed by atoms with Gasteiger partial charge >= 0.3 is 0 Å². The first kappa shape index (κ1) is 31.5. The number of hydrogen-bond acceptors (Lipinski definition) is 6. The molecule has 0 saturated heterocycles. The van der Waals surface area contributed by atoms with Crippen LogP contribution in [0.2, 0.25) is 0 Å². The van der Waals surface area contributed by atoms with Crippen molar-refractivity contribution in [1.82, 2.24) is 5.32 Å². The highest BCUT2D eigenvalue weighted by Gasteiger charge is 2.29. The Kier molecular flexibility index (Phi) is 11.6. The Morgan fingerprint density at radius 3 is 1.95 bits per heavy atom. The minimum Gasteiger partial charge on any atom is -0.508 e. The van der Waals surface area contributed by atoms with Gasteiger partial charge in [-0.05, 0) is 73.1 Å². The van der Waals surface area contributed by atoms with Gasteiger partial charge in [-0.25, -0.2) is 0 Å². The molecule has 0 bridgehead atoms. The van der Waals surface area contributed by atoms with Crippen molar-refractivity contribution >= 4 is 11.8 Å². The van der Waals surface area contributed by atoms with E-state index in [4.69, 9.17) is 11.5 Å². The summed E-state index contributed by atoms with van der Waals surface area (Å²) >= 11 is 0. The monoisotopic (exact) mass is 559 g/mol. The molecule has 218 valence electrons. The number of phenolic OH excluding ortho intramolecular Hbond substituents is 1. The van der Waals surface area contributed by atoms with Crippen LogP contribution >= 0.6 is 0 Å². The Balaban J connectivity index is 1.69. The third kappa shape index (κ3) is 9.56. The van der Waals surface area contributed by atoms with Crippen LogP contribution in [0, 0.1) is 19.8 Å². The fourth-order valence-electron chi connectivity index (χ4n) is 4.92. The van der Waals surface area contributed by atoms with Crippen LogP contribution in [-0.4, -0.2) is 51.4 Å². The van der Waals surface area contributed by atoms with Crippen LogP contribution in [0.4, 0.5) is 0 Å². The van der Waals surface area contributed by atoms with Gasteiger partial charge in [0, 0.05) is 12.5 Å². The molecule has 0 saturated carbocycles. The number of carbonyl (C=O) groups is 2. The van der Waals surface area contributed by atoms with Crippen LogP contribution < -0.4 is 16.8 Å². The first-order valence-electron chi connectivity index (χ1n) is 13.8. The molecule has 8 heteroatoms. The van der Waals surface area contributed by atoms with E-state index in [0.717, 1.165) is 27.8 Å². The van der Waals surface area contributed by atoms with Crippen molar-refractivity contribution in [2.75, 3.05) is 0 Å². The SMILES string of the molecule is Cc1cc(O)cc(C)c1C[C@H](N)[C@@H](O)C/C=C/[C@H](O)[C@@H](Cc1ccccc1)C(=O)N[C@@H](Cc1ccccc1)C(N)=O. The summed E-state index contributed by atoms with van der Waals surface area (Å²) < 4.78 is 0. The average molecular weight is 560 g/mol. The number of aliphatic hydroxyl groups excluding tert-OH is 2. The Bertz CT molecular complexity index is 1290. The summed E-state index contributed by atoms with van der Waals surface area (Å²) in [6.07, 6.45) is 2.08. The molecule has 3 aromatic rings. The van der Waals surface area contributed by atoms with Gasteiger partial charge in [-0.3, -0.25) is 9.59 Å². The number of nitrogens with one attached hydrogen (secondary N) is 1. The molecule has 3 aromatic carbocycles. The van der Waals surface area contributed by atoms with Crippen molar-refractivity contribution in [2.24, 2.45) is 17.4 Å². The molecule has 0 radical (unpaired) electrons. The molecule has 0 aliphatic carbocycles. The molecule has 0 spiro atoms. The first-order valence-corrected chi connectivity index (χ1v) is 13.8. The zero-order valence-corrected chi connectivity index (χ0v) is 23.6. The molecule has 0 aliphatic heterocycles. The zero-order chi connectivity index (χ0) is 29.9. The van der Waals surface area contributed by atoms with Crippen molar-refractivity contribution < 1.29 is 24.9 Å². The number of aryl methyl sites for hydroxylation is 2. The summed E-state index contributed by atoms with van der Waals surface area (Å²) in [4.78, 5) is 25.6. The lowest BCUT2D eigenvalue weighted by Gasteiger charge is -2.24. The van der Waals surface area contributed by atoms with Crippen molar-refractivity contribution in [3.05, 3.63) is 113 Å². The number of aromatic hydroxyl groups is 1. The highest BCUT2D eigenvalue weighted by molar-refractivity contribution is 5.88. The van der Waals surface area contributed by atoms with E-state index in [-0.39, 0.29) is 25.0 Å². The van der Waals surface area contributed by atoms with Gasteiger partial charge in [0.2, 0.25) is 11.8 Å². The summed E-state index contributed by atoms with van der Waals surface area (Å²) in [5, 5.41) is 34.3. The van der Waals surface area contributed by atoms with E-state index in [1.165, 1.54) is 6.08 Å². The molecular weight excluding hydrogens is 518 g/mol. The van der Waals surface area contributed by atoms with Crippen LogP contribution in [0.15, 0.2) is 84.9 Å². The van der Waals surface area contributed by atoms with E-state index < -0.39 is 42.0 Å². The van der Waals surface area contributed by atoms with Gasteiger partial charge in [0.1, 0.15) is 11.8 Å².